The number of carbonyl (C=O) groups excluding carboxylic acids is 1. The van der Waals surface area contributed by atoms with E-state index in [1.807, 2.05) is 24.3 Å². The van der Waals surface area contributed by atoms with Gasteiger partial charge in [-0.15, -0.1) is 5.10 Å². The molecule has 0 fully saturated rings. The van der Waals surface area contributed by atoms with Crippen LogP contribution in [0.2, 0.25) is 0 Å². The van der Waals surface area contributed by atoms with Gasteiger partial charge in [0.15, 0.2) is 0 Å². The number of nitrogens with one attached hydrogen (secondary N) is 1. The van der Waals surface area contributed by atoms with Crippen molar-refractivity contribution in [3.05, 3.63) is 81.2 Å². The minimum Gasteiger partial charge on any atom is -0.366 e. The maximum Gasteiger partial charge on any atom is 0.248 e. The van der Waals surface area contributed by atoms with Gasteiger partial charge in [0.2, 0.25) is 17.0 Å². The van der Waals surface area contributed by atoms with Crippen molar-refractivity contribution in [1.82, 2.24) is 14.8 Å². The van der Waals surface area contributed by atoms with E-state index in [-0.39, 0.29) is 5.82 Å². The van der Waals surface area contributed by atoms with Gasteiger partial charge in [0.05, 0.1) is 5.57 Å². The van der Waals surface area contributed by atoms with Crippen LogP contribution in [0.3, 0.4) is 0 Å². The second kappa shape index (κ2) is 8.00. The van der Waals surface area contributed by atoms with Crippen LogP contribution in [0, 0.1) is 5.82 Å². The third-order valence-electron chi connectivity index (χ3n) is 4.60. The summed E-state index contributed by atoms with van der Waals surface area (Å²) in [6.07, 6.45) is 0. The Morgan fingerprint density at radius 3 is 2.69 bits per heavy atom. The lowest BCUT2D eigenvalue weighted by molar-refractivity contribution is -0.115. The van der Waals surface area contributed by atoms with Crippen LogP contribution in [-0.4, -0.2) is 20.7 Å². The number of allylic oxidation sites excluding steroid dienone is 1. The molecule has 0 aliphatic carbocycles. The first-order valence-electron chi connectivity index (χ1n) is 8.80. The van der Waals surface area contributed by atoms with Crippen molar-refractivity contribution in [2.24, 2.45) is 5.73 Å². The maximum absolute atomic E-state index is 13.9. The van der Waals surface area contributed by atoms with Crippen molar-refractivity contribution in [1.29, 1.82) is 0 Å². The molecule has 9 heteroatoms. The quantitative estimate of drug-likeness (QED) is 0.541. The summed E-state index contributed by atoms with van der Waals surface area (Å²) in [5.74, 6) is 0.123. The van der Waals surface area contributed by atoms with E-state index in [2.05, 4.69) is 31.3 Å². The van der Waals surface area contributed by atoms with Crippen LogP contribution >= 0.6 is 27.7 Å². The Morgan fingerprint density at radius 2 is 2.00 bits per heavy atom. The Morgan fingerprint density at radius 1 is 1.28 bits per heavy atom. The molecular weight excluding hydrogens is 457 g/mol. The first-order valence-corrected chi connectivity index (χ1v) is 10.6. The number of fused-ring (bicyclic) bond motifs is 1. The molecule has 3 aromatic rings. The summed E-state index contributed by atoms with van der Waals surface area (Å²) in [6, 6.07) is 13.7. The third-order valence-corrected chi connectivity index (χ3v) is 6.01. The Labute approximate surface area is 179 Å². The van der Waals surface area contributed by atoms with E-state index in [1.165, 1.54) is 17.8 Å². The van der Waals surface area contributed by atoms with Crippen molar-refractivity contribution in [3.63, 3.8) is 0 Å². The van der Waals surface area contributed by atoms with E-state index in [4.69, 9.17) is 5.73 Å². The number of thioether (sulfide) groups is 1. The molecule has 0 saturated carbocycles. The molecule has 2 aromatic carbocycles. The Hall–Kier alpha value is -2.65. The van der Waals surface area contributed by atoms with Crippen LogP contribution in [0.5, 0.6) is 0 Å². The van der Waals surface area contributed by atoms with Gasteiger partial charge in [-0.3, -0.25) is 4.79 Å². The molecule has 1 aliphatic heterocycles. The van der Waals surface area contributed by atoms with Crippen LogP contribution in [-0.2, 0) is 10.5 Å². The van der Waals surface area contributed by atoms with E-state index < -0.39 is 11.9 Å². The zero-order chi connectivity index (χ0) is 20.5. The number of nitrogens with two attached hydrogens (primary N) is 1. The van der Waals surface area contributed by atoms with E-state index in [0.717, 1.165) is 10.0 Å². The van der Waals surface area contributed by atoms with Gasteiger partial charge >= 0.3 is 0 Å². The SMILES string of the molecule is CC1=C(C(N)=O)[C@H](c2ccc(Br)cc2)n2nc(SCc3ccccc3F)nc2N1. The second-order valence-electron chi connectivity index (χ2n) is 6.52. The highest BCUT2D eigenvalue weighted by molar-refractivity contribution is 9.10. The van der Waals surface area contributed by atoms with Gasteiger partial charge in [-0.1, -0.05) is 58.0 Å². The molecule has 3 N–H and O–H groups in total. The molecule has 1 aliphatic rings. The average molecular weight is 474 g/mol. The number of amides is 1. The summed E-state index contributed by atoms with van der Waals surface area (Å²) in [7, 11) is 0. The highest BCUT2D eigenvalue weighted by atomic mass is 79.9. The molecule has 1 aromatic heterocycles. The zero-order valence-electron chi connectivity index (χ0n) is 15.4. The third kappa shape index (κ3) is 3.92. The molecule has 0 unspecified atom stereocenters. The Bertz CT molecular complexity index is 1110. The smallest absolute Gasteiger partial charge is 0.248 e. The lowest BCUT2D eigenvalue weighted by atomic mass is 9.95. The van der Waals surface area contributed by atoms with Crippen molar-refractivity contribution in [2.75, 3.05) is 5.32 Å². The van der Waals surface area contributed by atoms with Crippen molar-refractivity contribution < 1.29 is 9.18 Å². The van der Waals surface area contributed by atoms with Gasteiger partial charge < -0.3 is 11.1 Å². The molecule has 0 saturated heterocycles. The number of rotatable bonds is 5. The molecule has 4 rings (SSSR count). The lowest BCUT2D eigenvalue weighted by Crippen LogP contribution is -2.31. The largest absolute Gasteiger partial charge is 0.366 e. The molecule has 0 spiro atoms. The van der Waals surface area contributed by atoms with E-state index in [0.29, 0.717) is 33.7 Å². The Balaban J connectivity index is 1.69. The van der Waals surface area contributed by atoms with Crippen LogP contribution < -0.4 is 11.1 Å². The van der Waals surface area contributed by atoms with Gasteiger partial charge in [0, 0.05) is 15.9 Å². The fraction of sp³-hybridized carbons (Fsp3) is 0.150. The summed E-state index contributed by atoms with van der Waals surface area (Å²) < 4.78 is 16.5. The number of hydrogen-bond acceptors (Lipinski definition) is 5. The molecule has 2 heterocycles. The number of anilines is 1. The normalized spacial score (nSPS) is 15.8. The summed E-state index contributed by atoms with van der Waals surface area (Å²) in [6.45, 7) is 1.79. The maximum atomic E-state index is 13.9. The number of benzene rings is 2. The number of aromatic nitrogens is 3. The van der Waals surface area contributed by atoms with Gasteiger partial charge in [-0.25, -0.2) is 9.07 Å². The van der Waals surface area contributed by atoms with Crippen LogP contribution in [0.1, 0.15) is 24.1 Å². The molecule has 148 valence electrons. The minimum absolute atomic E-state index is 0.261. The predicted molar refractivity (Wildman–Crippen MR) is 114 cm³/mol. The van der Waals surface area contributed by atoms with Crippen LogP contribution in [0.15, 0.2) is 69.4 Å². The van der Waals surface area contributed by atoms with Gasteiger partial charge in [-0.2, -0.15) is 4.98 Å². The average Bonchev–Trinajstić information content (AvgIpc) is 3.09. The summed E-state index contributed by atoms with van der Waals surface area (Å²) in [5.41, 5.74) is 8.18. The topological polar surface area (TPSA) is 85.8 Å². The van der Waals surface area contributed by atoms with Crippen LogP contribution in [0.25, 0.3) is 0 Å². The molecule has 0 radical (unpaired) electrons. The fourth-order valence-corrected chi connectivity index (χ4v) is 4.30. The van der Waals surface area contributed by atoms with E-state index in [9.17, 15) is 9.18 Å². The number of hydrogen-bond donors (Lipinski definition) is 2. The van der Waals surface area contributed by atoms with E-state index in [1.54, 1.807) is 29.8 Å². The highest BCUT2D eigenvalue weighted by Crippen LogP contribution is 2.36. The summed E-state index contributed by atoms with van der Waals surface area (Å²) in [5, 5.41) is 8.16. The zero-order valence-corrected chi connectivity index (χ0v) is 17.8. The molecular formula is C20H17BrFN5OS. The first-order chi connectivity index (χ1) is 13.9. The number of halogens is 2. The summed E-state index contributed by atoms with van der Waals surface area (Å²) in [4.78, 5) is 16.7. The standard InChI is InChI=1S/C20H17BrFN5OS/c1-11-16(18(23)28)17(12-6-8-14(21)9-7-12)27-19(24-11)25-20(26-27)29-10-13-4-2-3-5-15(13)22/h2-9,17H,10H2,1H3,(H2,23,28)(H,24,25,26)/t17-/m0/s1. The molecule has 6 nitrogen and oxygen atoms in total. The van der Waals surface area contributed by atoms with Gasteiger partial charge in [0.1, 0.15) is 11.9 Å². The number of primary amides is 1. The van der Waals surface area contributed by atoms with E-state index >= 15 is 0 Å². The number of carbonyl (C=O) groups is 1. The Kier molecular flexibility index (Phi) is 5.42. The molecule has 1 atom stereocenters. The van der Waals surface area contributed by atoms with Gasteiger partial charge in [0.25, 0.3) is 0 Å². The molecule has 29 heavy (non-hydrogen) atoms. The monoisotopic (exact) mass is 473 g/mol. The second-order valence-corrected chi connectivity index (χ2v) is 8.38. The van der Waals surface area contributed by atoms with Gasteiger partial charge in [-0.05, 0) is 36.2 Å². The van der Waals surface area contributed by atoms with Crippen LogP contribution in [0.4, 0.5) is 10.3 Å². The molecule has 1 amide bonds. The molecule has 0 bridgehead atoms. The predicted octanol–water partition coefficient (Wildman–Crippen LogP) is 4.25. The first kappa shape index (κ1) is 19.7. The van der Waals surface area contributed by atoms with Crippen molar-refractivity contribution in [3.8, 4) is 0 Å². The fourth-order valence-electron chi connectivity index (χ4n) is 3.22. The van der Waals surface area contributed by atoms with Crippen molar-refractivity contribution >= 4 is 39.5 Å². The lowest BCUT2D eigenvalue weighted by Gasteiger charge is -2.27. The van der Waals surface area contributed by atoms with Crippen molar-refractivity contribution in [2.45, 2.75) is 23.9 Å². The summed E-state index contributed by atoms with van der Waals surface area (Å²) >= 11 is 4.75. The number of nitrogens with zero attached hydrogens (tertiary/aromatic N) is 3. The minimum atomic E-state index is -0.523. The highest BCUT2D eigenvalue weighted by Gasteiger charge is 2.33.